The summed E-state index contributed by atoms with van der Waals surface area (Å²) in [7, 11) is 0. The molecular weight excluding hydrogens is 680 g/mol. The summed E-state index contributed by atoms with van der Waals surface area (Å²) in [6.07, 6.45) is 0. The van der Waals surface area contributed by atoms with Crippen LogP contribution in [0.2, 0.25) is 0 Å². The lowest BCUT2D eigenvalue weighted by atomic mass is 9.69. The molecule has 8 nitrogen and oxygen atoms in total. The Balaban J connectivity index is 2.30. The first kappa shape index (κ1) is 41.5. The van der Waals surface area contributed by atoms with Gasteiger partial charge in [-0.05, 0) is 90.4 Å². The fourth-order valence-electron chi connectivity index (χ4n) is 7.40. The molecule has 0 saturated carbocycles. The molecule has 4 aromatic carbocycles. The lowest BCUT2D eigenvalue weighted by molar-refractivity contribution is 0.0683. The van der Waals surface area contributed by atoms with Gasteiger partial charge in [0.25, 0.3) is 0 Å². The molecule has 0 radical (unpaired) electrons. The summed E-state index contributed by atoms with van der Waals surface area (Å²) in [6.45, 7) is 23.4. The van der Waals surface area contributed by atoms with Crippen molar-refractivity contribution in [2.45, 2.75) is 117 Å². The summed E-state index contributed by atoms with van der Waals surface area (Å²) in [5.41, 5.74) is 3.88. The highest BCUT2D eigenvalue weighted by Gasteiger charge is 2.35. The minimum atomic E-state index is -1.06. The van der Waals surface area contributed by atoms with Crippen LogP contribution in [0.4, 0.5) is 0 Å². The number of rotatable bonds is 9. The Labute approximate surface area is 318 Å². The van der Waals surface area contributed by atoms with E-state index in [1.165, 1.54) is 0 Å². The number of benzene rings is 4. The highest BCUT2D eigenvalue weighted by atomic mass is 16.4. The Morgan fingerprint density at radius 3 is 0.648 bits per heavy atom. The van der Waals surface area contributed by atoms with E-state index in [1.54, 1.807) is 48.5 Å². The third kappa shape index (κ3) is 8.59. The number of hydrogen-bond donors (Lipinski definition) is 4. The molecule has 4 N–H and O–H groups in total. The average Bonchev–Trinajstić information content (AvgIpc) is 3.04. The van der Waals surface area contributed by atoms with E-state index in [-0.39, 0.29) is 22.3 Å². The molecule has 0 bridgehead atoms. The Kier molecular flexibility index (Phi) is 11.2. The average molecular weight is 735 g/mol. The summed E-state index contributed by atoms with van der Waals surface area (Å²) < 4.78 is 0. The second-order valence-electron chi connectivity index (χ2n) is 18.4. The third-order valence-corrected chi connectivity index (χ3v) is 10.1. The van der Waals surface area contributed by atoms with E-state index in [4.69, 9.17) is 0 Å². The molecule has 0 spiro atoms. The minimum absolute atomic E-state index is 0.166. The number of carbonyl (C=O) groups is 4. The van der Waals surface area contributed by atoms with Gasteiger partial charge in [0.15, 0.2) is 0 Å². The molecule has 8 heteroatoms. The standard InChI is InChI=1S/C46H54O8/c1-43(2,3)33-21-25(13-17-29(33)39(47)48)37(26-14-18-30(40(49)50)34(22-26)44(4,5)6)38(27-15-19-31(41(51)52)35(23-27)45(7,8)9)28-16-20-32(42(53)54)36(24-28)46(10,11)12/h13-24,37-38H,1-12H3,(H,47,48)(H,49,50)(H,51,52)(H,53,54). The van der Waals surface area contributed by atoms with Crippen molar-refractivity contribution in [3.8, 4) is 0 Å². The first-order chi connectivity index (χ1) is 24.6. The SMILES string of the molecule is CC(C)(C)c1cc(C(c2ccc(C(=O)O)c(C(C)(C)C)c2)C(c2ccc(C(=O)O)c(C(C)(C)C)c2)c2ccc(C(=O)O)c(C(C)(C)C)c2)ccc1C(=O)O. The van der Waals surface area contributed by atoms with Gasteiger partial charge in [0.2, 0.25) is 0 Å². The van der Waals surface area contributed by atoms with Crippen molar-refractivity contribution in [3.05, 3.63) is 140 Å². The molecule has 0 heterocycles. The van der Waals surface area contributed by atoms with Crippen LogP contribution < -0.4 is 0 Å². The van der Waals surface area contributed by atoms with Crippen molar-refractivity contribution in [3.63, 3.8) is 0 Å². The molecular formula is C46H54O8. The molecule has 0 unspecified atom stereocenters. The van der Waals surface area contributed by atoms with Crippen LogP contribution in [0.25, 0.3) is 0 Å². The Bertz CT molecular complexity index is 1820. The summed E-state index contributed by atoms with van der Waals surface area (Å²) in [6, 6.07) is 21.3. The Morgan fingerprint density at radius 1 is 0.352 bits per heavy atom. The highest BCUT2D eigenvalue weighted by molar-refractivity contribution is 5.92. The summed E-state index contributed by atoms with van der Waals surface area (Å²) in [5.74, 6) is -5.39. The van der Waals surface area contributed by atoms with Crippen LogP contribution in [0, 0.1) is 0 Å². The Hall–Kier alpha value is -5.24. The molecule has 0 aliphatic carbocycles. The fraction of sp³-hybridized carbons (Fsp3) is 0.391. The van der Waals surface area contributed by atoms with Crippen LogP contribution in [0.15, 0.2) is 72.8 Å². The maximum atomic E-state index is 12.5. The van der Waals surface area contributed by atoms with Crippen molar-refractivity contribution in [2.75, 3.05) is 0 Å². The normalized spacial score (nSPS) is 12.6. The van der Waals surface area contributed by atoms with E-state index in [1.807, 2.05) is 107 Å². The lowest BCUT2D eigenvalue weighted by Crippen LogP contribution is -2.23. The first-order valence-electron chi connectivity index (χ1n) is 18.2. The van der Waals surface area contributed by atoms with Crippen LogP contribution in [0.5, 0.6) is 0 Å². The molecule has 0 fully saturated rings. The maximum Gasteiger partial charge on any atom is 0.335 e. The summed E-state index contributed by atoms with van der Waals surface area (Å²) in [4.78, 5) is 50.2. The zero-order valence-electron chi connectivity index (χ0n) is 33.5. The zero-order chi connectivity index (χ0) is 40.9. The van der Waals surface area contributed by atoms with Crippen LogP contribution in [0.1, 0.15) is 181 Å². The van der Waals surface area contributed by atoms with Gasteiger partial charge in [-0.2, -0.15) is 0 Å². The van der Waals surface area contributed by atoms with Crippen molar-refractivity contribution < 1.29 is 39.6 Å². The predicted octanol–water partition coefficient (Wildman–Crippen LogP) is 10.6. The molecule has 0 aliphatic heterocycles. The van der Waals surface area contributed by atoms with Gasteiger partial charge in [-0.25, -0.2) is 19.2 Å². The largest absolute Gasteiger partial charge is 0.478 e. The summed E-state index contributed by atoms with van der Waals surface area (Å²) in [5, 5.41) is 41.0. The van der Waals surface area contributed by atoms with Crippen molar-refractivity contribution in [2.24, 2.45) is 0 Å². The van der Waals surface area contributed by atoms with E-state index in [0.29, 0.717) is 22.3 Å². The van der Waals surface area contributed by atoms with Gasteiger partial charge in [0.1, 0.15) is 0 Å². The molecule has 0 amide bonds. The molecule has 0 atom stereocenters. The number of carboxylic acids is 4. The smallest absolute Gasteiger partial charge is 0.335 e. The quantitative estimate of drug-likeness (QED) is 0.133. The minimum Gasteiger partial charge on any atom is -0.478 e. The lowest BCUT2D eigenvalue weighted by Gasteiger charge is -2.34. The van der Waals surface area contributed by atoms with E-state index in [9.17, 15) is 39.6 Å². The van der Waals surface area contributed by atoms with E-state index < -0.39 is 57.4 Å². The van der Waals surface area contributed by atoms with Crippen molar-refractivity contribution in [1.82, 2.24) is 0 Å². The van der Waals surface area contributed by atoms with Gasteiger partial charge in [0, 0.05) is 11.8 Å². The molecule has 4 aromatic rings. The number of aromatic carboxylic acids is 4. The van der Waals surface area contributed by atoms with Crippen LogP contribution in [-0.2, 0) is 21.7 Å². The molecule has 0 saturated heterocycles. The monoisotopic (exact) mass is 734 g/mol. The molecule has 54 heavy (non-hydrogen) atoms. The number of hydrogen-bond acceptors (Lipinski definition) is 4. The maximum absolute atomic E-state index is 12.5. The molecule has 0 aliphatic rings. The van der Waals surface area contributed by atoms with Crippen molar-refractivity contribution in [1.29, 1.82) is 0 Å². The Morgan fingerprint density at radius 2 is 0.519 bits per heavy atom. The number of carboxylic acid groups (broad SMARTS) is 4. The van der Waals surface area contributed by atoms with E-state index in [2.05, 4.69) is 0 Å². The van der Waals surface area contributed by atoms with Crippen LogP contribution in [-0.4, -0.2) is 44.3 Å². The second-order valence-corrected chi connectivity index (χ2v) is 18.4. The van der Waals surface area contributed by atoms with Gasteiger partial charge < -0.3 is 20.4 Å². The van der Waals surface area contributed by atoms with Crippen LogP contribution in [0.3, 0.4) is 0 Å². The molecule has 0 aromatic heterocycles. The zero-order valence-corrected chi connectivity index (χ0v) is 33.5. The van der Waals surface area contributed by atoms with Gasteiger partial charge in [-0.3, -0.25) is 0 Å². The third-order valence-electron chi connectivity index (χ3n) is 10.1. The second kappa shape index (κ2) is 14.5. The fourth-order valence-corrected chi connectivity index (χ4v) is 7.40. The highest BCUT2D eigenvalue weighted by Crippen LogP contribution is 2.47. The van der Waals surface area contributed by atoms with E-state index >= 15 is 0 Å². The first-order valence-corrected chi connectivity index (χ1v) is 18.2. The predicted molar refractivity (Wildman–Crippen MR) is 212 cm³/mol. The molecule has 4 rings (SSSR count). The van der Waals surface area contributed by atoms with Crippen LogP contribution >= 0.6 is 0 Å². The van der Waals surface area contributed by atoms with Gasteiger partial charge in [-0.15, -0.1) is 0 Å². The topological polar surface area (TPSA) is 149 Å². The van der Waals surface area contributed by atoms with Gasteiger partial charge in [0.05, 0.1) is 22.3 Å². The van der Waals surface area contributed by atoms with Crippen molar-refractivity contribution >= 4 is 23.9 Å². The van der Waals surface area contributed by atoms with Gasteiger partial charge in [-0.1, -0.05) is 132 Å². The molecule has 286 valence electrons. The van der Waals surface area contributed by atoms with E-state index in [0.717, 1.165) is 22.3 Å². The van der Waals surface area contributed by atoms with Gasteiger partial charge >= 0.3 is 23.9 Å². The summed E-state index contributed by atoms with van der Waals surface area (Å²) >= 11 is 0.